The molecule has 0 aliphatic rings. The molecule has 0 aromatic rings. The minimum absolute atomic E-state index is 0.0272. The standard InChI is InChI=1S/C40H67N5O18/c1-28(46)12-13-29(38(54)55)44-34(49)17-15-31(40(58)59)45-36(51)27-63-25-23-61-21-19-42-35(50)26-62-24-22-60-20-18-41-32(47)16-14-30(39(56)57)43-33(48)10-8-6-4-2-3-5-7-9-11-37(52)53/h29-31H,2-27H2,1H3,(H,41,47)(H,42,50)(H,43,48)(H,44,49)(H,45,51)(H,52,53)(H,54,55)(H,56,57)(H,58,59). The quantitative estimate of drug-likeness (QED) is 0.0361. The molecule has 0 saturated heterocycles. The molecule has 0 spiro atoms. The van der Waals surface area contributed by atoms with Crippen molar-refractivity contribution in [1.82, 2.24) is 26.6 Å². The van der Waals surface area contributed by atoms with Crippen molar-refractivity contribution < 1.29 is 87.3 Å². The number of amides is 5. The molecular formula is C40H67N5O18. The highest BCUT2D eigenvalue weighted by molar-refractivity contribution is 5.87. The van der Waals surface area contributed by atoms with E-state index in [1.54, 1.807) is 0 Å². The van der Waals surface area contributed by atoms with Gasteiger partial charge in [-0.3, -0.25) is 28.8 Å². The Kier molecular flexibility index (Phi) is 34.2. The molecule has 0 heterocycles. The number of ether oxygens (including phenoxy) is 4. The lowest BCUT2D eigenvalue weighted by molar-refractivity contribution is -0.144. The molecule has 5 amide bonds. The summed E-state index contributed by atoms with van der Waals surface area (Å²) in [5.74, 6) is -7.74. The Morgan fingerprint density at radius 2 is 0.762 bits per heavy atom. The first-order valence-corrected chi connectivity index (χ1v) is 21.1. The summed E-state index contributed by atoms with van der Waals surface area (Å²) in [6, 6.07) is -3.94. The van der Waals surface area contributed by atoms with Crippen LogP contribution in [0.3, 0.4) is 0 Å². The smallest absolute Gasteiger partial charge is 0.326 e. The van der Waals surface area contributed by atoms with E-state index in [0.717, 1.165) is 38.5 Å². The summed E-state index contributed by atoms with van der Waals surface area (Å²) in [6.45, 7) is 1.36. The molecule has 0 aromatic carbocycles. The number of aliphatic carboxylic acids is 4. The second-order valence-electron chi connectivity index (χ2n) is 14.4. The van der Waals surface area contributed by atoms with E-state index in [0.29, 0.717) is 12.8 Å². The fraction of sp³-hybridized carbons (Fsp3) is 0.750. The Bertz CT molecular complexity index is 1430. The Labute approximate surface area is 366 Å². The highest BCUT2D eigenvalue weighted by Crippen LogP contribution is 2.11. The first-order valence-electron chi connectivity index (χ1n) is 21.1. The van der Waals surface area contributed by atoms with E-state index >= 15 is 0 Å². The number of hydrogen-bond donors (Lipinski definition) is 9. The van der Waals surface area contributed by atoms with Gasteiger partial charge in [-0.2, -0.15) is 0 Å². The van der Waals surface area contributed by atoms with Crippen molar-refractivity contribution >= 4 is 59.2 Å². The zero-order valence-corrected chi connectivity index (χ0v) is 36.1. The van der Waals surface area contributed by atoms with Crippen LogP contribution >= 0.6 is 0 Å². The number of unbranched alkanes of at least 4 members (excludes halogenated alkanes) is 7. The van der Waals surface area contributed by atoms with Crippen LogP contribution in [0.1, 0.15) is 110 Å². The second-order valence-corrected chi connectivity index (χ2v) is 14.4. The third kappa shape index (κ3) is 36.0. The number of carbonyl (C=O) groups is 10. The summed E-state index contributed by atoms with van der Waals surface area (Å²) in [5, 5.41) is 48.8. The summed E-state index contributed by atoms with van der Waals surface area (Å²) in [5.41, 5.74) is 0. The molecule has 360 valence electrons. The molecule has 3 atom stereocenters. The zero-order valence-electron chi connectivity index (χ0n) is 36.1. The van der Waals surface area contributed by atoms with Crippen molar-refractivity contribution in [3.63, 3.8) is 0 Å². The maximum atomic E-state index is 12.2. The van der Waals surface area contributed by atoms with Crippen LogP contribution in [0.15, 0.2) is 0 Å². The first-order chi connectivity index (χ1) is 30.0. The van der Waals surface area contributed by atoms with E-state index in [4.69, 9.17) is 24.1 Å². The van der Waals surface area contributed by atoms with Crippen molar-refractivity contribution in [2.75, 3.05) is 65.9 Å². The van der Waals surface area contributed by atoms with Crippen LogP contribution in [0.25, 0.3) is 0 Å². The Hall–Kier alpha value is -5.26. The molecule has 0 rings (SSSR count). The number of carboxylic acids is 4. The van der Waals surface area contributed by atoms with Crippen LogP contribution in [0.4, 0.5) is 0 Å². The van der Waals surface area contributed by atoms with E-state index in [1.807, 2.05) is 0 Å². The maximum absolute atomic E-state index is 12.2. The number of hydrogen-bond acceptors (Lipinski definition) is 14. The molecule has 0 saturated carbocycles. The third-order valence-electron chi connectivity index (χ3n) is 8.90. The minimum Gasteiger partial charge on any atom is -0.481 e. The highest BCUT2D eigenvalue weighted by Gasteiger charge is 2.24. The van der Waals surface area contributed by atoms with Gasteiger partial charge in [-0.1, -0.05) is 38.5 Å². The van der Waals surface area contributed by atoms with E-state index in [1.165, 1.54) is 6.92 Å². The van der Waals surface area contributed by atoms with Crippen LogP contribution in [0.2, 0.25) is 0 Å². The molecule has 0 radical (unpaired) electrons. The largest absolute Gasteiger partial charge is 0.481 e. The summed E-state index contributed by atoms with van der Waals surface area (Å²) >= 11 is 0. The minimum atomic E-state index is -1.44. The van der Waals surface area contributed by atoms with Gasteiger partial charge < -0.3 is 70.8 Å². The van der Waals surface area contributed by atoms with Gasteiger partial charge in [0, 0.05) is 45.2 Å². The number of nitrogens with one attached hydrogen (secondary N) is 5. The number of carboxylic acid groups (broad SMARTS) is 4. The number of carbonyl (C=O) groups excluding carboxylic acids is 6. The number of Topliss-reactive ketones (excluding diaryl/α,β-unsaturated/α-hetero) is 1. The summed E-state index contributed by atoms with van der Waals surface area (Å²) < 4.78 is 21.0. The molecule has 3 unspecified atom stereocenters. The molecule has 0 aliphatic carbocycles. The van der Waals surface area contributed by atoms with Gasteiger partial charge in [-0.15, -0.1) is 0 Å². The Morgan fingerprint density at radius 3 is 1.22 bits per heavy atom. The van der Waals surface area contributed by atoms with Crippen LogP contribution in [0.5, 0.6) is 0 Å². The first kappa shape index (κ1) is 57.7. The van der Waals surface area contributed by atoms with Crippen LogP contribution in [-0.2, 0) is 66.9 Å². The maximum Gasteiger partial charge on any atom is 0.326 e. The molecule has 0 aliphatic heterocycles. The van der Waals surface area contributed by atoms with Gasteiger partial charge in [0.1, 0.15) is 37.1 Å². The molecule has 0 aromatic heterocycles. The Morgan fingerprint density at radius 1 is 0.397 bits per heavy atom. The average molecular weight is 906 g/mol. The summed E-state index contributed by atoms with van der Waals surface area (Å²) in [6.07, 6.45) is 6.17. The van der Waals surface area contributed by atoms with E-state index in [2.05, 4.69) is 26.6 Å². The lowest BCUT2D eigenvalue weighted by Crippen LogP contribution is -2.45. The SMILES string of the molecule is CC(=O)CCC(NC(=O)CCC(NC(=O)COCCOCCNC(=O)COCCOCCNC(=O)CCC(NC(=O)CCCCCCCCCCC(=O)O)C(=O)O)C(=O)O)C(=O)O. The van der Waals surface area contributed by atoms with Gasteiger partial charge in [-0.25, -0.2) is 14.4 Å². The van der Waals surface area contributed by atoms with Gasteiger partial charge in [0.05, 0.1) is 39.6 Å². The monoisotopic (exact) mass is 905 g/mol. The van der Waals surface area contributed by atoms with Crippen molar-refractivity contribution in [1.29, 1.82) is 0 Å². The molecule has 23 heteroatoms. The summed E-state index contributed by atoms with van der Waals surface area (Å²) in [7, 11) is 0. The predicted molar refractivity (Wildman–Crippen MR) is 220 cm³/mol. The van der Waals surface area contributed by atoms with Gasteiger partial charge in [0.15, 0.2) is 0 Å². The highest BCUT2D eigenvalue weighted by atomic mass is 16.5. The number of rotatable bonds is 42. The van der Waals surface area contributed by atoms with E-state index in [9.17, 15) is 63.3 Å². The predicted octanol–water partition coefficient (Wildman–Crippen LogP) is -0.0914. The lowest BCUT2D eigenvalue weighted by atomic mass is 10.1. The van der Waals surface area contributed by atoms with Crippen molar-refractivity contribution in [3.05, 3.63) is 0 Å². The van der Waals surface area contributed by atoms with Gasteiger partial charge in [0.2, 0.25) is 29.5 Å². The molecule has 9 N–H and O–H groups in total. The van der Waals surface area contributed by atoms with Crippen LogP contribution in [0, 0.1) is 0 Å². The van der Waals surface area contributed by atoms with Gasteiger partial charge in [0.25, 0.3) is 0 Å². The topological polar surface area (TPSA) is 349 Å². The summed E-state index contributed by atoms with van der Waals surface area (Å²) in [4.78, 5) is 117. The normalized spacial score (nSPS) is 12.3. The van der Waals surface area contributed by atoms with E-state index in [-0.39, 0.29) is 110 Å². The molecule has 0 fully saturated rings. The van der Waals surface area contributed by atoms with Crippen molar-refractivity contribution in [3.8, 4) is 0 Å². The Balaban J connectivity index is 3.90. The second kappa shape index (κ2) is 37.3. The lowest BCUT2D eigenvalue weighted by Gasteiger charge is -2.16. The average Bonchev–Trinajstić information content (AvgIpc) is 3.21. The molecule has 63 heavy (non-hydrogen) atoms. The zero-order chi connectivity index (χ0) is 47.3. The molecule has 0 bridgehead atoms. The van der Waals surface area contributed by atoms with Gasteiger partial charge in [-0.05, 0) is 39.0 Å². The molecular weight excluding hydrogens is 838 g/mol. The van der Waals surface area contributed by atoms with Gasteiger partial charge >= 0.3 is 23.9 Å². The third-order valence-corrected chi connectivity index (χ3v) is 8.90. The number of ketones is 1. The van der Waals surface area contributed by atoms with Crippen LogP contribution in [-0.4, -0.2) is 164 Å². The van der Waals surface area contributed by atoms with Crippen molar-refractivity contribution in [2.24, 2.45) is 0 Å². The van der Waals surface area contributed by atoms with Crippen molar-refractivity contribution in [2.45, 2.75) is 128 Å². The van der Waals surface area contributed by atoms with Crippen LogP contribution < -0.4 is 26.6 Å². The fourth-order valence-corrected chi connectivity index (χ4v) is 5.50. The van der Waals surface area contributed by atoms with E-state index < -0.39 is 84.6 Å². The fourth-order valence-electron chi connectivity index (χ4n) is 5.50. The molecule has 23 nitrogen and oxygen atoms in total.